The first kappa shape index (κ1) is 8.92. The van der Waals surface area contributed by atoms with Crippen molar-refractivity contribution in [3.8, 4) is 0 Å². The Hall–Kier alpha value is -1.35. The van der Waals surface area contributed by atoms with Crippen molar-refractivity contribution in [1.82, 2.24) is 10.3 Å². The number of nitrogens with one attached hydrogen (secondary N) is 1. The molecule has 2 heterocycles. The van der Waals surface area contributed by atoms with Gasteiger partial charge in [-0.1, -0.05) is 6.07 Å². The van der Waals surface area contributed by atoms with Gasteiger partial charge in [-0.05, 0) is 37.0 Å². The van der Waals surface area contributed by atoms with Crippen molar-refractivity contribution in [2.45, 2.75) is 25.3 Å². The van der Waals surface area contributed by atoms with E-state index in [0.29, 0.717) is 12.0 Å². The molecule has 1 aliphatic rings. The van der Waals surface area contributed by atoms with E-state index in [2.05, 4.69) is 29.4 Å². The predicted molar refractivity (Wildman–Crippen MR) is 58.8 cm³/mol. The van der Waals surface area contributed by atoms with Gasteiger partial charge >= 0.3 is 0 Å². The summed E-state index contributed by atoms with van der Waals surface area (Å²) < 4.78 is 5.23. The van der Waals surface area contributed by atoms with Crippen LogP contribution < -0.4 is 5.32 Å². The van der Waals surface area contributed by atoms with Crippen LogP contribution in [0.3, 0.4) is 0 Å². The maximum absolute atomic E-state index is 5.23. The van der Waals surface area contributed by atoms with Crippen molar-refractivity contribution >= 4 is 11.1 Å². The molecule has 1 aromatic heterocycles. The smallest absolute Gasteiger partial charge is 0.181 e. The Bertz CT molecular complexity index is 477. The van der Waals surface area contributed by atoms with Gasteiger partial charge in [0.15, 0.2) is 12.0 Å². The molecule has 0 aliphatic carbocycles. The second kappa shape index (κ2) is 3.35. The summed E-state index contributed by atoms with van der Waals surface area (Å²) in [5, 5.41) is 3.47. The van der Waals surface area contributed by atoms with Crippen molar-refractivity contribution in [3.05, 3.63) is 30.2 Å². The Morgan fingerprint density at radius 3 is 3.20 bits per heavy atom. The third-order valence-corrected chi connectivity index (χ3v) is 3.18. The number of hydrogen-bond donors (Lipinski definition) is 1. The van der Waals surface area contributed by atoms with Gasteiger partial charge in [0, 0.05) is 12.6 Å². The van der Waals surface area contributed by atoms with Crippen LogP contribution >= 0.6 is 0 Å². The Balaban J connectivity index is 1.97. The number of aromatic nitrogens is 1. The molecule has 0 bridgehead atoms. The van der Waals surface area contributed by atoms with Gasteiger partial charge in [0.1, 0.15) is 5.52 Å². The number of hydrogen-bond acceptors (Lipinski definition) is 3. The predicted octanol–water partition coefficient (Wildman–Crippen LogP) is 2.29. The van der Waals surface area contributed by atoms with Crippen LogP contribution in [0.5, 0.6) is 0 Å². The van der Waals surface area contributed by atoms with Crippen LogP contribution in [-0.4, -0.2) is 17.6 Å². The van der Waals surface area contributed by atoms with Gasteiger partial charge in [-0.3, -0.25) is 0 Å². The van der Waals surface area contributed by atoms with E-state index in [1.165, 1.54) is 18.4 Å². The van der Waals surface area contributed by atoms with Crippen molar-refractivity contribution in [1.29, 1.82) is 0 Å². The molecule has 78 valence electrons. The van der Waals surface area contributed by atoms with Crippen molar-refractivity contribution in [2.24, 2.45) is 0 Å². The summed E-state index contributed by atoms with van der Waals surface area (Å²) in [6, 6.07) is 6.94. The summed E-state index contributed by atoms with van der Waals surface area (Å²) in [5.41, 5.74) is 3.21. The van der Waals surface area contributed by atoms with Crippen molar-refractivity contribution < 1.29 is 4.42 Å². The number of oxazole rings is 1. The summed E-state index contributed by atoms with van der Waals surface area (Å²) in [4.78, 5) is 4.18. The van der Waals surface area contributed by atoms with E-state index in [9.17, 15) is 0 Å². The number of rotatable bonds is 1. The minimum absolute atomic E-state index is 0.626. The zero-order chi connectivity index (χ0) is 10.3. The fraction of sp³-hybridized carbons (Fsp3) is 0.417. The van der Waals surface area contributed by atoms with E-state index in [0.717, 1.165) is 17.6 Å². The second-order valence-corrected chi connectivity index (χ2v) is 4.32. The molecule has 3 rings (SSSR count). The summed E-state index contributed by atoms with van der Waals surface area (Å²) in [6.45, 7) is 3.30. The molecule has 2 atom stereocenters. The molecule has 1 aliphatic heterocycles. The molecular formula is C12H14N2O. The highest BCUT2D eigenvalue weighted by molar-refractivity contribution is 5.73. The first-order valence-electron chi connectivity index (χ1n) is 5.39. The van der Waals surface area contributed by atoms with Crippen LogP contribution in [0, 0.1) is 0 Å². The molecule has 15 heavy (non-hydrogen) atoms. The van der Waals surface area contributed by atoms with Gasteiger partial charge < -0.3 is 9.73 Å². The van der Waals surface area contributed by atoms with E-state index >= 15 is 0 Å². The lowest BCUT2D eigenvalue weighted by Gasteiger charge is -2.07. The van der Waals surface area contributed by atoms with Gasteiger partial charge in [-0.25, -0.2) is 4.98 Å². The van der Waals surface area contributed by atoms with Crippen LogP contribution in [0.25, 0.3) is 11.1 Å². The molecule has 1 saturated heterocycles. The standard InChI is InChI=1S/C12H14N2O/c1-8-4-10(6-13-8)9-2-3-12-11(5-9)14-7-15-12/h2-3,5,7-8,10,13H,4,6H2,1H3. The zero-order valence-electron chi connectivity index (χ0n) is 8.73. The highest BCUT2D eigenvalue weighted by Gasteiger charge is 2.22. The monoisotopic (exact) mass is 202 g/mol. The lowest BCUT2D eigenvalue weighted by Crippen LogP contribution is -2.16. The third kappa shape index (κ3) is 1.53. The quantitative estimate of drug-likeness (QED) is 0.771. The molecule has 2 unspecified atom stereocenters. The molecule has 1 aromatic carbocycles. The van der Waals surface area contributed by atoms with Gasteiger partial charge in [0.2, 0.25) is 0 Å². The van der Waals surface area contributed by atoms with E-state index in [1.807, 2.05) is 6.07 Å². The molecule has 2 aromatic rings. The largest absolute Gasteiger partial charge is 0.443 e. The van der Waals surface area contributed by atoms with Crippen LogP contribution in [0.15, 0.2) is 29.0 Å². The summed E-state index contributed by atoms with van der Waals surface area (Å²) in [7, 11) is 0. The number of fused-ring (bicyclic) bond motifs is 1. The van der Waals surface area contributed by atoms with E-state index in [4.69, 9.17) is 4.42 Å². The summed E-state index contributed by atoms with van der Waals surface area (Å²) in [5.74, 6) is 0.626. The molecule has 0 spiro atoms. The van der Waals surface area contributed by atoms with Gasteiger partial charge in [0.25, 0.3) is 0 Å². The SMILES string of the molecule is CC1CC(c2ccc3ocnc3c2)CN1. The maximum Gasteiger partial charge on any atom is 0.181 e. The van der Waals surface area contributed by atoms with Crippen LogP contribution in [0.2, 0.25) is 0 Å². The normalized spacial score (nSPS) is 26.2. The van der Waals surface area contributed by atoms with Crippen molar-refractivity contribution in [3.63, 3.8) is 0 Å². The highest BCUT2D eigenvalue weighted by atomic mass is 16.3. The first-order chi connectivity index (χ1) is 7.33. The van der Waals surface area contributed by atoms with Crippen LogP contribution in [-0.2, 0) is 0 Å². The maximum atomic E-state index is 5.23. The molecular weight excluding hydrogens is 188 g/mol. The molecule has 1 fully saturated rings. The Morgan fingerprint density at radius 2 is 2.40 bits per heavy atom. The van der Waals surface area contributed by atoms with Gasteiger partial charge in [0.05, 0.1) is 0 Å². The average Bonchev–Trinajstić information content (AvgIpc) is 2.84. The summed E-state index contributed by atoms with van der Waals surface area (Å²) in [6.07, 6.45) is 2.72. The molecule has 0 amide bonds. The summed E-state index contributed by atoms with van der Waals surface area (Å²) >= 11 is 0. The number of nitrogens with zero attached hydrogens (tertiary/aromatic N) is 1. The Labute approximate surface area is 88.5 Å². The topological polar surface area (TPSA) is 38.1 Å². The minimum atomic E-state index is 0.626. The van der Waals surface area contributed by atoms with Crippen LogP contribution in [0.4, 0.5) is 0 Å². The molecule has 3 nitrogen and oxygen atoms in total. The zero-order valence-corrected chi connectivity index (χ0v) is 8.73. The van der Waals surface area contributed by atoms with Crippen LogP contribution in [0.1, 0.15) is 24.8 Å². The average molecular weight is 202 g/mol. The Kier molecular flexibility index (Phi) is 1.99. The van der Waals surface area contributed by atoms with Gasteiger partial charge in [-0.15, -0.1) is 0 Å². The first-order valence-corrected chi connectivity index (χ1v) is 5.39. The second-order valence-electron chi connectivity index (χ2n) is 4.32. The molecule has 1 N–H and O–H groups in total. The van der Waals surface area contributed by atoms with E-state index in [-0.39, 0.29) is 0 Å². The Morgan fingerprint density at radius 1 is 1.47 bits per heavy atom. The number of benzene rings is 1. The highest BCUT2D eigenvalue weighted by Crippen LogP contribution is 2.27. The lowest BCUT2D eigenvalue weighted by molar-refractivity contribution is 0.602. The lowest BCUT2D eigenvalue weighted by atomic mass is 9.96. The van der Waals surface area contributed by atoms with Gasteiger partial charge in [-0.2, -0.15) is 0 Å². The third-order valence-electron chi connectivity index (χ3n) is 3.18. The minimum Gasteiger partial charge on any atom is -0.443 e. The fourth-order valence-corrected chi connectivity index (χ4v) is 2.32. The van der Waals surface area contributed by atoms with E-state index < -0.39 is 0 Å². The fourth-order valence-electron chi connectivity index (χ4n) is 2.32. The molecule has 3 heteroatoms. The molecule has 0 saturated carbocycles. The van der Waals surface area contributed by atoms with Crippen molar-refractivity contribution in [2.75, 3.05) is 6.54 Å². The van der Waals surface area contributed by atoms with E-state index in [1.54, 1.807) is 0 Å². The molecule has 0 radical (unpaired) electrons.